The molecule has 0 bridgehead atoms. The standard InChI is InChI=1S/C24H22FN5O3S/c1-16-2-4-17(5-3-16)23-27-30-21(31)14-20(26-24(30)34-23)28-10-12-29(13-11-28)22(32)15-33-19-8-6-18(25)7-9-19/h2-9,14H,10-13,15H2,1H3. The summed E-state index contributed by atoms with van der Waals surface area (Å²) in [7, 11) is 0. The number of aryl methyl sites for hydroxylation is 1. The zero-order valence-corrected chi connectivity index (χ0v) is 19.3. The number of hydrogen-bond donors (Lipinski definition) is 0. The minimum atomic E-state index is -0.356. The quantitative estimate of drug-likeness (QED) is 0.438. The Labute approximate surface area is 198 Å². The second-order valence-corrected chi connectivity index (χ2v) is 8.99. The van der Waals surface area contributed by atoms with E-state index in [2.05, 4.69) is 10.1 Å². The second kappa shape index (κ2) is 9.22. The number of piperazine rings is 1. The minimum absolute atomic E-state index is 0.111. The van der Waals surface area contributed by atoms with Gasteiger partial charge in [0.2, 0.25) is 4.96 Å². The topological polar surface area (TPSA) is 80.0 Å². The third-order valence-electron chi connectivity index (χ3n) is 5.66. The van der Waals surface area contributed by atoms with E-state index in [0.29, 0.717) is 42.7 Å². The van der Waals surface area contributed by atoms with Gasteiger partial charge in [-0.3, -0.25) is 9.59 Å². The van der Waals surface area contributed by atoms with Crippen molar-refractivity contribution < 1.29 is 13.9 Å². The van der Waals surface area contributed by atoms with Crippen LogP contribution in [0.4, 0.5) is 10.2 Å². The molecule has 1 aliphatic heterocycles. The maximum absolute atomic E-state index is 13.0. The van der Waals surface area contributed by atoms with Crippen LogP contribution in [0.15, 0.2) is 59.4 Å². The predicted molar refractivity (Wildman–Crippen MR) is 128 cm³/mol. The van der Waals surface area contributed by atoms with Gasteiger partial charge in [-0.1, -0.05) is 41.2 Å². The molecule has 8 nitrogen and oxygen atoms in total. The van der Waals surface area contributed by atoms with Crippen LogP contribution in [0.1, 0.15) is 5.56 Å². The van der Waals surface area contributed by atoms with Crippen LogP contribution >= 0.6 is 11.3 Å². The van der Waals surface area contributed by atoms with E-state index >= 15 is 0 Å². The monoisotopic (exact) mass is 479 g/mol. The number of nitrogens with zero attached hydrogens (tertiary/aromatic N) is 5. The summed E-state index contributed by atoms with van der Waals surface area (Å²) < 4.78 is 19.8. The molecule has 1 fully saturated rings. The van der Waals surface area contributed by atoms with Crippen molar-refractivity contribution in [2.45, 2.75) is 6.92 Å². The molecule has 1 saturated heterocycles. The van der Waals surface area contributed by atoms with Gasteiger partial charge in [-0.15, -0.1) is 0 Å². The maximum Gasteiger partial charge on any atom is 0.277 e. The highest BCUT2D eigenvalue weighted by molar-refractivity contribution is 7.19. The number of amides is 1. The fraction of sp³-hybridized carbons (Fsp3) is 0.250. The molecule has 0 N–H and O–H groups in total. The summed E-state index contributed by atoms with van der Waals surface area (Å²) in [6, 6.07) is 15.0. The van der Waals surface area contributed by atoms with E-state index in [0.717, 1.165) is 16.1 Å². The Balaban J connectivity index is 1.24. The van der Waals surface area contributed by atoms with Crippen LogP contribution in [-0.4, -0.2) is 58.2 Å². The summed E-state index contributed by atoms with van der Waals surface area (Å²) >= 11 is 1.37. The number of anilines is 1. The lowest BCUT2D eigenvalue weighted by molar-refractivity contribution is -0.133. The number of aromatic nitrogens is 3. The fourth-order valence-electron chi connectivity index (χ4n) is 3.73. The molecule has 0 saturated carbocycles. The van der Waals surface area contributed by atoms with Crippen molar-refractivity contribution in [3.05, 3.63) is 76.3 Å². The highest BCUT2D eigenvalue weighted by Crippen LogP contribution is 2.25. The first-order valence-corrected chi connectivity index (χ1v) is 11.7. The average Bonchev–Trinajstić information content (AvgIpc) is 3.29. The predicted octanol–water partition coefficient (Wildman–Crippen LogP) is 2.99. The van der Waals surface area contributed by atoms with Crippen LogP contribution in [-0.2, 0) is 4.79 Å². The van der Waals surface area contributed by atoms with Crippen molar-refractivity contribution in [2.24, 2.45) is 0 Å². The van der Waals surface area contributed by atoms with Gasteiger partial charge < -0.3 is 14.5 Å². The second-order valence-electron chi connectivity index (χ2n) is 8.03. The fourth-order valence-corrected chi connectivity index (χ4v) is 4.63. The first kappa shape index (κ1) is 22.0. The molecule has 4 aromatic rings. The highest BCUT2D eigenvalue weighted by atomic mass is 32.1. The van der Waals surface area contributed by atoms with Crippen molar-refractivity contribution in [1.82, 2.24) is 19.5 Å². The van der Waals surface area contributed by atoms with Gasteiger partial charge in [0.25, 0.3) is 11.5 Å². The van der Waals surface area contributed by atoms with E-state index in [-0.39, 0.29) is 23.9 Å². The molecule has 2 aromatic heterocycles. The molecule has 174 valence electrons. The molecular formula is C24H22FN5O3S. The minimum Gasteiger partial charge on any atom is -0.484 e. The van der Waals surface area contributed by atoms with E-state index < -0.39 is 0 Å². The van der Waals surface area contributed by atoms with Gasteiger partial charge in [0.15, 0.2) is 6.61 Å². The summed E-state index contributed by atoms with van der Waals surface area (Å²) in [5, 5.41) is 5.17. The van der Waals surface area contributed by atoms with E-state index in [1.807, 2.05) is 36.1 Å². The molecule has 1 amide bonds. The van der Waals surface area contributed by atoms with Gasteiger partial charge in [-0.2, -0.15) is 9.61 Å². The molecule has 0 spiro atoms. The number of carbonyl (C=O) groups excluding carboxylic acids is 1. The number of rotatable bonds is 5. The number of benzene rings is 2. The molecule has 2 aromatic carbocycles. The zero-order valence-electron chi connectivity index (χ0n) is 18.5. The smallest absolute Gasteiger partial charge is 0.277 e. The van der Waals surface area contributed by atoms with Crippen LogP contribution in [0.2, 0.25) is 0 Å². The normalized spacial score (nSPS) is 13.9. The van der Waals surface area contributed by atoms with Crippen LogP contribution < -0.4 is 15.2 Å². The third-order valence-corrected chi connectivity index (χ3v) is 6.62. The van der Waals surface area contributed by atoms with Gasteiger partial charge in [0, 0.05) is 37.8 Å². The lowest BCUT2D eigenvalue weighted by Gasteiger charge is -2.35. The lowest BCUT2D eigenvalue weighted by atomic mass is 10.2. The Hall–Kier alpha value is -3.79. The number of carbonyl (C=O) groups is 1. The third kappa shape index (κ3) is 4.62. The number of ether oxygens (including phenoxy) is 1. The molecule has 0 radical (unpaired) electrons. The Bertz CT molecular complexity index is 1380. The molecule has 10 heteroatoms. The van der Waals surface area contributed by atoms with Gasteiger partial charge >= 0.3 is 0 Å². The van der Waals surface area contributed by atoms with Crippen LogP contribution in [0, 0.1) is 12.7 Å². The molecule has 3 heterocycles. The maximum atomic E-state index is 13.0. The van der Waals surface area contributed by atoms with E-state index in [9.17, 15) is 14.0 Å². The first-order chi connectivity index (χ1) is 16.5. The Kier molecular flexibility index (Phi) is 5.97. The first-order valence-electron chi connectivity index (χ1n) is 10.9. The summed E-state index contributed by atoms with van der Waals surface area (Å²) in [6.45, 7) is 3.99. The molecule has 0 aliphatic carbocycles. The van der Waals surface area contributed by atoms with Crippen LogP contribution in [0.3, 0.4) is 0 Å². The SMILES string of the molecule is Cc1ccc(-c2nn3c(=O)cc(N4CCN(C(=O)COc5ccc(F)cc5)CC4)nc3s2)cc1. The molecule has 0 atom stereocenters. The summed E-state index contributed by atoms with van der Waals surface area (Å²) in [6.07, 6.45) is 0. The Morgan fingerprint density at radius 3 is 2.47 bits per heavy atom. The molecular weight excluding hydrogens is 457 g/mol. The zero-order chi connectivity index (χ0) is 23.7. The van der Waals surface area contributed by atoms with Gasteiger partial charge in [0.1, 0.15) is 22.4 Å². The summed E-state index contributed by atoms with van der Waals surface area (Å²) in [5.74, 6) is 0.531. The van der Waals surface area contributed by atoms with Crippen LogP contribution in [0.5, 0.6) is 5.75 Å². The largest absolute Gasteiger partial charge is 0.484 e. The van der Waals surface area contributed by atoms with Crippen LogP contribution in [0.25, 0.3) is 15.5 Å². The average molecular weight is 480 g/mol. The van der Waals surface area contributed by atoms with E-state index in [1.54, 1.807) is 4.90 Å². The van der Waals surface area contributed by atoms with Crippen molar-refractivity contribution in [2.75, 3.05) is 37.7 Å². The van der Waals surface area contributed by atoms with Crippen molar-refractivity contribution in [3.8, 4) is 16.3 Å². The Morgan fingerprint density at radius 2 is 1.76 bits per heavy atom. The molecule has 5 rings (SSSR count). The summed E-state index contributed by atoms with van der Waals surface area (Å²) in [4.78, 5) is 34.1. The van der Waals surface area contributed by atoms with E-state index in [1.165, 1.54) is 46.2 Å². The van der Waals surface area contributed by atoms with E-state index in [4.69, 9.17) is 4.74 Å². The molecule has 0 unspecified atom stereocenters. The number of halogens is 1. The summed E-state index contributed by atoms with van der Waals surface area (Å²) in [5.41, 5.74) is 1.86. The van der Waals surface area contributed by atoms with Crippen molar-refractivity contribution in [1.29, 1.82) is 0 Å². The van der Waals surface area contributed by atoms with Gasteiger partial charge in [-0.05, 0) is 31.2 Å². The Morgan fingerprint density at radius 1 is 1.06 bits per heavy atom. The van der Waals surface area contributed by atoms with Crippen molar-refractivity contribution in [3.63, 3.8) is 0 Å². The van der Waals surface area contributed by atoms with Gasteiger partial charge in [0.05, 0.1) is 0 Å². The molecule has 1 aliphatic rings. The van der Waals surface area contributed by atoms with Crippen molar-refractivity contribution >= 4 is 28.0 Å². The number of hydrogen-bond acceptors (Lipinski definition) is 7. The van der Waals surface area contributed by atoms with Gasteiger partial charge in [-0.25, -0.2) is 9.37 Å². The molecule has 34 heavy (non-hydrogen) atoms. The number of fused-ring (bicyclic) bond motifs is 1. The highest BCUT2D eigenvalue weighted by Gasteiger charge is 2.23. The lowest BCUT2D eigenvalue weighted by Crippen LogP contribution is -2.50.